The summed E-state index contributed by atoms with van der Waals surface area (Å²) in [7, 11) is 0. The Morgan fingerprint density at radius 3 is 2.83 bits per heavy atom. The number of aryl methyl sites for hydroxylation is 2. The molecule has 4 nitrogen and oxygen atoms in total. The van der Waals surface area contributed by atoms with Crippen molar-refractivity contribution in [3.05, 3.63) is 40.4 Å². The Hall–Kier alpha value is -1.72. The number of aromatic nitrogens is 1. The Morgan fingerprint density at radius 1 is 1.29 bits per heavy atom. The topological polar surface area (TPSA) is 45.2 Å². The number of thiazole rings is 1. The van der Waals surface area contributed by atoms with Crippen LogP contribution in [0.4, 0.5) is 0 Å². The smallest absolute Gasteiger partial charge is 0.236 e. The number of nitrogens with one attached hydrogen (secondary N) is 1. The minimum atomic E-state index is 0.225. The number of hydrogen-bond donors (Lipinski definition) is 1. The van der Waals surface area contributed by atoms with E-state index < -0.39 is 0 Å². The second kappa shape index (κ2) is 7.90. The monoisotopic (exact) mass is 343 g/mol. The van der Waals surface area contributed by atoms with E-state index in [1.165, 1.54) is 16.0 Å². The fourth-order valence-electron chi connectivity index (χ4n) is 3.04. The van der Waals surface area contributed by atoms with Crippen LogP contribution in [0.2, 0.25) is 0 Å². The van der Waals surface area contributed by atoms with Gasteiger partial charge in [0.05, 0.1) is 12.2 Å². The molecule has 24 heavy (non-hydrogen) atoms. The third-order valence-corrected chi connectivity index (χ3v) is 5.49. The molecule has 1 amide bonds. The van der Waals surface area contributed by atoms with Crippen molar-refractivity contribution in [2.45, 2.75) is 33.1 Å². The van der Waals surface area contributed by atoms with Gasteiger partial charge in [0.15, 0.2) is 0 Å². The second-order valence-corrected chi connectivity index (χ2v) is 7.61. The predicted molar refractivity (Wildman–Crippen MR) is 99.4 cm³/mol. The van der Waals surface area contributed by atoms with Gasteiger partial charge in [0.2, 0.25) is 5.91 Å². The fraction of sp³-hybridized carbons (Fsp3) is 0.474. The lowest BCUT2D eigenvalue weighted by Gasteiger charge is -2.15. The van der Waals surface area contributed by atoms with E-state index in [1.54, 1.807) is 11.3 Å². The zero-order valence-electron chi connectivity index (χ0n) is 14.5. The Balaban J connectivity index is 1.51. The number of amides is 1. The van der Waals surface area contributed by atoms with Crippen molar-refractivity contribution in [1.29, 1.82) is 0 Å². The molecule has 1 fully saturated rings. The average molecular weight is 343 g/mol. The number of hydrogen-bond acceptors (Lipinski definition) is 4. The number of nitrogens with zero attached hydrogens (tertiary/aromatic N) is 2. The highest BCUT2D eigenvalue weighted by Gasteiger charge is 2.17. The van der Waals surface area contributed by atoms with Gasteiger partial charge in [-0.1, -0.05) is 23.8 Å². The number of carbonyl (C=O) groups excluding carboxylic acids is 1. The van der Waals surface area contributed by atoms with Crippen molar-refractivity contribution >= 4 is 17.2 Å². The Bertz CT molecular complexity index is 704. The molecule has 1 aromatic carbocycles. The van der Waals surface area contributed by atoms with E-state index >= 15 is 0 Å². The maximum Gasteiger partial charge on any atom is 0.236 e. The summed E-state index contributed by atoms with van der Waals surface area (Å²) in [6.07, 6.45) is 3.15. The minimum Gasteiger partial charge on any atom is -0.342 e. The van der Waals surface area contributed by atoms with Crippen LogP contribution >= 0.6 is 11.3 Å². The molecule has 3 rings (SSSR count). The van der Waals surface area contributed by atoms with Crippen LogP contribution in [0.1, 0.15) is 29.0 Å². The van der Waals surface area contributed by atoms with Crippen LogP contribution < -0.4 is 5.32 Å². The maximum atomic E-state index is 12.0. The molecule has 5 heteroatoms. The Kier molecular flexibility index (Phi) is 5.63. The summed E-state index contributed by atoms with van der Waals surface area (Å²) in [5.74, 6) is 0.225. The van der Waals surface area contributed by atoms with Gasteiger partial charge < -0.3 is 10.2 Å². The largest absolute Gasteiger partial charge is 0.342 e. The SMILES string of the molecule is Cc1cccc(-c2nc(CCNCC(=O)N3CCCC3)c(C)s2)c1. The standard InChI is InChI=1S/C19H25N3OS/c1-14-6-5-7-16(12-14)19-21-17(15(2)24-19)8-9-20-13-18(23)22-10-3-4-11-22/h5-7,12,20H,3-4,8-11,13H2,1-2H3. The van der Waals surface area contributed by atoms with Crippen LogP contribution in [-0.2, 0) is 11.2 Å². The molecule has 1 saturated heterocycles. The molecule has 2 heterocycles. The Morgan fingerprint density at radius 2 is 2.08 bits per heavy atom. The highest BCUT2D eigenvalue weighted by atomic mass is 32.1. The Labute approximate surface area is 147 Å². The van der Waals surface area contributed by atoms with Gasteiger partial charge >= 0.3 is 0 Å². The van der Waals surface area contributed by atoms with Crippen LogP contribution in [0.3, 0.4) is 0 Å². The molecule has 0 atom stereocenters. The van der Waals surface area contributed by atoms with Gasteiger partial charge in [-0.15, -0.1) is 11.3 Å². The highest BCUT2D eigenvalue weighted by molar-refractivity contribution is 7.15. The van der Waals surface area contributed by atoms with E-state index in [-0.39, 0.29) is 5.91 Å². The molecule has 0 bridgehead atoms. The van der Waals surface area contributed by atoms with E-state index in [0.29, 0.717) is 6.54 Å². The van der Waals surface area contributed by atoms with Gasteiger partial charge in [0.25, 0.3) is 0 Å². The summed E-state index contributed by atoms with van der Waals surface area (Å²) < 4.78 is 0. The van der Waals surface area contributed by atoms with Crippen molar-refractivity contribution in [2.24, 2.45) is 0 Å². The zero-order chi connectivity index (χ0) is 16.9. The molecule has 1 aromatic heterocycles. The van der Waals surface area contributed by atoms with Crippen molar-refractivity contribution < 1.29 is 4.79 Å². The lowest BCUT2D eigenvalue weighted by atomic mass is 10.1. The molecular weight excluding hydrogens is 318 g/mol. The molecular formula is C19H25N3OS. The van der Waals surface area contributed by atoms with Gasteiger partial charge in [-0.3, -0.25) is 4.79 Å². The van der Waals surface area contributed by atoms with E-state index in [1.807, 2.05) is 4.90 Å². The van der Waals surface area contributed by atoms with Crippen molar-refractivity contribution in [3.8, 4) is 10.6 Å². The van der Waals surface area contributed by atoms with Crippen molar-refractivity contribution in [2.75, 3.05) is 26.2 Å². The number of carbonyl (C=O) groups is 1. The van der Waals surface area contributed by atoms with E-state index in [0.717, 1.165) is 49.6 Å². The fourth-order valence-corrected chi connectivity index (χ4v) is 4.00. The van der Waals surface area contributed by atoms with Crippen molar-refractivity contribution in [1.82, 2.24) is 15.2 Å². The summed E-state index contributed by atoms with van der Waals surface area (Å²) in [6, 6.07) is 8.47. The van der Waals surface area contributed by atoms with Gasteiger partial charge in [0, 0.05) is 36.5 Å². The number of benzene rings is 1. The minimum absolute atomic E-state index is 0.225. The quantitative estimate of drug-likeness (QED) is 0.820. The molecule has 0 radical (unpaired) electrons. The summed E-state index contributed by atoms with van der Waals surface area (Å²) in [5.41, 5.74) is 3.58. The molecule has 1 N–H and O–H groups in total. The van der Waals surface area contributed by atoms with Crippen molar-refractivity contribution in [3.63, 3.8) is 0 Å². The summed E-state index contributed by atoms with van der Waals surface area (Å²) in [5, 5.41) is 4.35. The first kappa shape index (κ1) is 17.1. The van der Waals surface area contributed by atoms with Crippen LogP contribution in [0.5, 0.6) is 0 Å². The summed E-state index contributed by atoms with van der Waals surface area (Å²) in [6.45, 7) is 7.30. The van der Waals surface area contributed by atoms with Crippen LogP contribution in [0, 0.1) is 13.8 Å². The predicted octanol–water partition coefficient (Wildman–Crippen LogP) is 3.18. The molecule has 0 spiro atoms. The zero-order valence-corrected chi connectivity index (χ0v) is 15.3. The molecule has 2 aromatic rings. The first-order chi connectivity index (χ1) is 11.6. The molecule has 1 aliphatic rings. The molecule has 0 saturated carbocycles. The highest BCUT2D eigenvalue weighted by Crippen LogP contribution is 2.28. The lowest BCUT2D eigenvalue weighted by Crippen LogP contribution is -2.36. The van der Waals surface area contributed by atoms with Gasteiger partial charge in [-0.25, -0.2) is 4.98 Å². The molecule has 0 aliphatic carbocycles. The molecule has 128 valence electrons. The number of rotatable bonds is 6. The van der Waals surface area contributed by atoms with E-state index in [4.69, 9.17) is 4.98 Å². The molecule has 0 unspecified atom stereocenters. The van der Waals surface area contributed by atoms with Gasteiger partial charge in [0.1, 0.15) is 5.01 Å². The molecule has 1 aliphatic heterocycles. The first-order valence-corrected chi connectivity index (χ1v) is 9.47. The van der Waals surface area contributed by atoms with Crippen LogP contribution in [0.15, 0.2) is 24.3 Å². The number of likely N-dealkylation sites (tertiary alicyclic amines) is 1. The summed E-state index contributed by atoms with van der Waals surface area (Å²) >= 11 is 1.75. The van der Waals surface area contributed by atoms with Gasteiger partial charge in [-0.05, 0) is 32.8 Å². The first-order valence-electron chi connectivity index (χ1n) is 8.65. The van der Waals surface area contributed by atoms with Crippen LogP contribution in [0.25, 0.3) is 10.6 Å². The summed E-state index contributed by atoms with van der Waals surface area (Å²) in [4.78, 5) is 20.0. The van der Waals surface area contributed by atoms with Crippen LogP contribution in [-0.4, -0.2) is 42.0 Å². The average Bonchev–Trinajstić information content (AvgIpc) is 3.21. The lowest BCUT2D eigenvalue weighted by molar-refractivity contribution is -0.129. The van der Waals surface area contributed by atoms with E-state index in [2.05, 4.69) is 43.4 Å². The second-order valence-electron chi connectivity index (χ2n) is 6.41. The maximum absolute atomic E-state index is 12.0. The van der Waals surface area contributed by atoms with E-state index in [9.17, 15) is 4.79 Å². The van der Waals surface area contributed by atoms with Gasteiger partial charge in [-0.2, -0.15) is 0 Å². The third-order valence-electron chi connectivity index (χ3n) is 4.43. The normalized spacial score (nSPS) is 14.3. The third kappa shape index (κ3) is 4.22.